The molecular weight excluding hydrogens is 288 g/mol. The molecule has 4 amide bonds. The molecule has 2 saturated heterocycles. The fourth-order valence-electron chi connectivity index (χ4n) is 2.72. The average Bonchev–Trinajstić information content (AvgIpc) is 2.53. The SMILES string of the molecule is CC(=O)N1CCN(C(=O)C(=O)N2CCN(C(C)=O)CC2)CC1. The summed E-state index contributed by atoms with van der Waals surface area (Å²) in [6.45, 7) is 6.40. The molecule has 0 N–H and O–H groups in total. The Bertz CT molecular complexity index is 433. The maximum Gasteiger partial charge on any atom is 0.312 e. The van der Waals surface area contributed by atoms with Gasteiger partial charge in [0.2, 0.25) is 11.8 Å². The molecule has 122 valence electrons. The predicted octanol–water partition coefficient (Wildman–Crippen LogP) is -1.63. The first-order valence-corrected chi connectivity index (χ1v) is 7.49. The van der Waals surface area contributed by atoms with Crippen molar-refractivity contribution in [3.63, 3.8) is 0 Å². The monoisotopic (exact) mass is 310 g/mol. The van der Waals surface area contributed by atoms with E-state index in [4.69, 9.17) is 0 Å². The molecule has 2 rings (SSSR count). The number of hydrogen-bond donors (Lipinski definition) is 0. The van der Waals surface area contributed by atoms with Crippen LogP contribution in [0.15, 0.2) is 0 Å². The first kappa shape index (κ1) is 16.3. The highest BCUT2D eigenvalue weighted by Gasteiger charge is 2.32. The summed E-state index contributed by atoms with van der Waals surface area (Å²) < 4.78 is 0. The summed E-state index contributed by atoms with van der Waals surface area (Å²) in [5, 5.41) is 0. The van der Waals surface area contributed by atoms with E-state index >= 15 is 0 Å². The molecule has 0 saturated carbocycles. The number of hydrogen-bond acceptors (Lipinski definition) is 4. The highest BCUT2D eigenvalue weighted by molar-refractivity contribution is 6.35. The zero-order valence-corrected chi connectivity index (χ0v) is 13.1. The van der Waals surface area contributed by atoms with Crippen LogP contribution in [0.25, 0.3) is 0 Å². The molecule has 8 nitrogen and oxygen atoms in total. The van der Waals surface area contributed by atoms with Gasteiger partial charge in [-0.3, -0.25) is 19.2 Å². The van der Waals surface area contributed by atoms with Crippen LogP contribution in [0.2, 0.25) is 0 Å². The molecule has 2 aliphatic heterocycles. The molecule has 22 heavy (non-hydrogen) atoms. The fraction of sp³-hybridized carbons (Fsp3) is 0.714. The van der Waals surface area contributed by atoms with E-state index in [1.807, 2.05) is 0 Å². The lowest BCUT2D eigenvalue weighted by atomic mass is 10.2. The Hall–Kier alpha value is -2.12. The van der Waals surface area contributed by atoms with Crippen LogP contribution in [0.1, 0.15) is 13.8 Å². The van der Waals surface area contributed by atoms with E-state index in [0.717, 1.165) is 0 Å². The van der Waals surface area contributed by atoms with Gasteiger partial charge in [-0.15, -0.1) is 0 Å². The zero-order chi connectivity index (χ0) is 16.3. The van der Waals surface area contributed by atoms with Crippen LogP contribution in [0.4, 0.5) is 0 Å². The maximum absolute atomic E-state index is 12.2. The van der Waals surface area contributed by atoms with Gasteiger partial charge in [0, 0.05) is 66.2 Å². The van der Waals surface area contributed by atoms with Gasteiger partial charge >= 0.3 is 11.8 Å². The van der Waals surface area contributed by atoms with Crippen molar-refractivity contribution in [2.75, 3.05) is 52.4 Å². The number of piperazine rings is 2. The van der Waals surface area contributed by atoms with Gasteiger partial charge in [0.05, 0.1) is 0 Å². The summed E-state index contributed by atoms with van der Waals surface area (Å²) in [6, 6.07) is 0. The van der Waals surface area contributed by atoms with Gasteiger partial charge in [0.15, 0.2) is 0 Å². The molecule has 2 aliphatic rings. The summed E-state index contributed by atoms with van der Waals surface area (Å²) >= 11 is 0. The van der Waals surface area contributed by atoms with Crippen molar-refractivity contribution in [2.45, 2.75) is 13.8 Å². The molecule has 0 radical (unpaired) electrons. The lowest BCUT2D eigenvalue weighted by Gasteiger charge is -2.37. The van der Waals surface area contributed by atoms with Gasteiger partial charge in [-0.25, -0.2) is 0 Å². The maximum atomic E-state index is 12.2. The first-order valence-electron chi connectivity index (χ1n) is 7.49. The first-order chi connectivity index (χ1) is 10.4. The molecule has 0 atom stereocenters. The van der Waals surface area contributed by atoms with Crippen molar-refractivity contribution in [3.05, 3.63) is 0 Å². The third-order valence-electron chi connectivity index (χ3n) is 4.21. The van der Waals surface area contributed by atoms with E-state index in [1.54, 1.807) is 9.80 Å². The van der Waals surface area contributed by atoms with Crippen LogP contribution >= 0.6 is 0 Å². The highest BCUT2D eigenvalue weighted by atomic mass is 16.2. The molecule has 0 aromatic rings. The molecule has 2 heterocycles. The third-order valence-corrected chi connectivity index (χ3v) is 4.21. The normalized spacial score (nSPS) is 19.2. The smallest absolute Gasteiger partial charge is 0.312 e. The minimum absolute atomic E-state index is 0.0150. The quantitative estimate of drug-likeness (QED) is 0.503. The molecule has 2 fully saturated rings. The summed E-state index contributed by atoms with van der Waals surface area (Å²) in [5.41, 5.74) is 0. The van der Waals surface area contributed by atoms with Gasteiger partial charge in [-0.1, -0.05) is 0 Å². The fourth-order valence-corrected chi connectivity index (χ4v) is 2.72. The summed E-state index contributed by atoms with van der Waals surface area (Å²) in [6.07, 6.45) is 0. The Balaban J connectivity index is 1.84. The van der Waals surface area contributed by atoms with Crippen molar-refractivity contribution in [1.82, 2.24) is 19.6 Å². The summed E-state index contributed by atoms with van der Waals surface area (Å²) in [5.74, 6) is -1.06. The lowest BCUT2D eigenvalue weighted by Crippen LogP contribution is -2.57. The minimum atomic E-state index is -0.514. The number of amides is 4. The van der Waals surface area contributed by atoms with Crippen LogP contribution in [0, 0.1) is 0 Å². The van der Waals surface area contributed by atoms with Crippen LogP contribution in [-0.4, -0.2) is 95.6 Å². The second-order valence-electron chi connectivity index (χ2n) is 5.60. The minimum Gasteiger partial charge on any atom is -0.339 e. The van der Waals surface area contributed by atoms with Gasteiger partial charge < -0.3 is 19.6 Å². The highest BCUT2D eigenvalue weighted by Crippen LogP contribution is 2.07. The van der Waals surface area contributed by atoms with Gasteiger partial charge in [-0.2, -0.15) is 0 Å². The molecule has 0 bridgehead atoms. The van der Waals surface area contributed by atoms with E-state index < -0.39 is 11.8 Å². The van der Waals surface area contributed by atoms with E-state index in [2.05, 4.69) is 0 Å². The van der Waals surface area contributed by atoms with Crippen molar-refractivity contribution >= 4 is 23.6 Å². The Morgan fingerprint density at radius 1 is 0.500 bits per heavy atom. The van der Waals surface area contributed by atoms with Gasteiger partial charge in [-0.05, 0) is 0 Å². The Morgan fingerprint density at radius 3 is 0.955 bits per heavy atom. The van der Waals surface area contributed by atoms with Crippen molar-refractivity contribution in [3.8, 4) is 0 Å². The number of rotatable bonds is 0. The summed E-state index contributed by atoms with van der Waals surface area (Å²) in [4.78, 5) is 53.3. The van der Waals surface area contributed by atoms with Crippen LogP contribution < -0.4 is 0 Å². The topological polar surface area (TPSA) is 81.2 Å². The standard InChI is InChI=1S/C14H22N4O4/c1-11(19)15-3-7-17(8-4-15)13(21)14(22)18-9-5-16(6-10-18)12(2)20/h3-10H2,1-2H3. The van der Waals surface area contributed by atoms with Crippen LogP contribution in [-0.2, 0) is 19.2 Å². The number of nitrogens with zero attached hydrogens (tertiary/aromatic N) is 4. The van der Waals surface area contributed by atoms with Crippen LogP contribution in [0.5, 0.6) is 0 Å². The molecule has 0 aliphatic carbocycles. The predicted molar refractivity (Wildman–Crippen MR) is 77.7 cm³/mol. The van der Waals surface area contributed by atoms with E-state index in [1.165, 1.54) is 23.6 Å². The van der Waals surface area contributed by atoms with Crippen molar-refractivity contribution in [1.29, 1.82) is 0 Å². The Morgan fingerprint density at radius 2 is 0.727 bits per heavy atom. The lowest BCUT2D eigenvalue weighted by molar-refractivity contribution is -0.155. The molecule has 8 heteroatoms. The molecule has 0 spiro atoms. The second kappa shape index (κ2) is 6.76. The van der Waals surface area contributed by atoms with Gasteiger partial charge in [0.1, 0.15) is 0 Å². The molecule has 0 aromatic carbocycles. The van der Waals surface area contributed by atoms with Crippen LogP contribution in [0.3, 0.4) is 0 Å². The summed E-state index contributed by atoms with van der Waals surface area (Å²) in [7, 11) is 0. The second-order valence-corrected chi connectivity index (χ2v) is 5.60. The Labute approximate surface area is 129 Å². The largest absolute Gasteiger partial charge is 0.339 e. The third kappa shape index (κ3) is 3.55. The molecule has 0 unspecified atom stereocenters. The van der Waals surface area contributed by atoms with Gasteiger partial charge in [0.25, 0.3) is 0 Å². The number of carbonyl (C=O) groups is 4. The van der Waals surface area contributed by atoms with E-state index in [9.17, 15) is 19.2 Å². The van der Waals surface area contributed by atoms with Crippen molar-refractivity contribution < 1.29 is 19.2 Å². The number of carbonyl (C=O) groups excluding carboxylic acids is 4. The average molecular weight is 310 g/mol. The zero-order valence-electron chi connectivity index (χ0n) is 13.1. The molecular formula is C14H22N4O4. The molecule has 0 aromatic heterocycles. The van der Waals surface area contributed by atoms with Crippen molar-refractivity contribution in [2.24, 2.45) is 0 Å². The van der Waals surface area contributed by atoms with E-state index in [-0.39, 0.29) is 11.8 Å². The Kier molecular flexibility index (Phi) is 4.99. The van der Waals surface area contributed by atoms with E-state index in [0.29, 0.717) is 52.4 Å².